The van der Waals surface area contributed by atoms with Crippen molar-refractivity contribution in [3.05, 3.63) is 29.8 Å². The Morgan fingerprint density at radius 3 is 2.77 bits per heavy atom. The lowest BCUT2D eigenvalue weighted by Gasteiger charge is -2.28. The van der Waals surface area contributed by atoms with Gasteiger partial charge in [0, 0.05) is 11.5 Å². The van der Waals surface area contributed by atoms with Gasteiger partial charge in [0.05, 0.1) is 7.11 Å². The summed E-state index contributed by atoms with van der Waals surface area (Å²) in [6.45, 7) is 4.63. The van der Waals surface area contributed by atoms with Crippen LogP contribution in [0.1, 0.15) is 38.7 Å². The third-order valence-corrected chi connectivity index (χ3v) is 4.72. The molecule has 0 saturated heterocycles. The molecule has 4 nitrogen and oxygen atoms in total. The summed E-state index contributed by atoms with van der Waals surface area (Å²) in [4.78, 5) is 12.7. The van der Waals surface area contributed by atoms with E-state index in [1.54, 1.807) is 7.11 Å². The molecule has 1 aromatic rings. The molecule has 1 saturated carbocycles. The van der Waals surface area contributed by atoms with E-state index in [1.165, 1.54) is 0 Å². The van der Waals surface area contributed by atoms with E-state index in [1.807, 2.05) is 38.1 Å². The zero-order chi connectivity index (χ0) is 16.2. The molecule has 1 aliphatic carbocycles. The van der Waals surface area contributed by atoms with E-state index in [0.717, 1.165) is 30.6 Å². The summed E-state index contributed by atoms with van der Waals surface area (Å²) in [5.74, 6) is 1.36. The number of hydrogen-bond acceptors (Lipinski definition) is 3. The van der Waals surface area contributed by atoms with E-state index < -0.39 is 5.41 Å². The Morgan fingerprint density at radius 1 is 1.36 bits per heavy atom. The maximum absolute atomic E-state index is 12.7. The van der Waals surface area contributed by atoms with Crippen LogP contribution in [0.4, 0.5) is 0 Å². The van der Waals surface area contributed by atoms with Crippen molar-refractivity contribution in [2.45, 2.75) is 45.6 Å². The summed E-state index contributed by atoms with van der Waals surface area (Å²) in [6.07, 6.45) is 3.97. The molecule has 2 unspecified atom stereocenters. The van der Waals surface area contributed by atoms with E-state index in [0.29, 0.717) is 18.9 Å². The molecule has 2 rings (SSSR count). The minimum atomic E-state index is -0.476. The average Bonchev–Trinajstić information content (AvgIpc) is 2.94. The SMILES string of the molecule is COc1ccccc1CC(C)(C)C(=O)NC1CCCC1CN. The van der Waals surface area contributed by atoms with Crippen molar-refractivity contribution in [3.8, 4) is 5.75 Å². The first-order chi connectivity index (χ1) is 10.5. The van der Waals surface area contributed by atoms with Crippen molar-refractivity contribution < 1.29 is 9.53 Å². The van der Waals surface area contributed by atoms with Crippen molar-refractivity contribution in [3.63, 3.8) is 0 Å². The first kappa shape index (κ1) is 16.8. The van der Waals surface area contributed by atoms with Crippen molar-refractivity contribution in [2.75, 3.05) is 13.7 Å². The molecule has 3 N–H and O–H groups in total. The lowest BCUT2D eigenvalue weighted by Crippen LogP contribution is -2.46. The first-order valence-electron chi connectivity index (χ1n) is 8.11. The Kier molecular flexibility index (Phi) is 5.46. The van der Waals surface area contributed by atoms with Crippen LogP contribution in [0.15, 0.2) is 24.3 Å². The van der Waals surface area contributed by atoms with Crippen molar-refractivity contribution in [1.29, 1.82) is 0 Å². The lowest BCUT2D eigenvalue weighted by molar-refractivity contribution is -0.130. The Hall–Kier alpha value is -1.55. The smallest absolute Gasteiger partial charge is 0.226 e. The maximum Gasteiger partial charge on any atom is 0.226 e. The first-order valence-corrected chi connectivity index (χ1v) is 8.11. The molecule has 0 aromatic heterocycles. The number of amides is 1. The van der Waals surface area contributed by atoms with E-state index in [9.17, 15) is 4.79 Å². The van der Waals surface area contributed by atoms with Crippen LogP contribution in [0, 0.1) is 11.3 Å². The fourth-order valence-electron chi connectivity index (χ4n) is 3.28. The molecule has 4 heteroatoms. The molecule has 0 radical (unpaired) electrons. The third-order valence-electron chi connectivity index (χ3n) is 4.72. The molecule has 122 valence electrons. The van der Waals surface area contributed by atoms with Gasteiger partial charge in [-0.1, -0.05) is 38.5 Å². The lowest BCUT2D eigenvalue weighted by atomic mass is 9.84. The molecule has 0 heterocycles. The van der Waals surface area contributed by atoms with Gasteiger partial charge >= 0.3 is 0 Å². The largest absolute Gasteiger partial charge is 0.496 e. The minimum absolute atomic E-state index is 0.101. The fourth-order valence-corrected chi connectivity index (χ4v) is 3.28. The molecule has 0 spiro atoms. The van der Waals surface area contributed by atoms with Crippen LogP contribution in [-0.2, 0) is 11.2 Å². The standard InChI is InChI=1S/C18H28N2O2/c1-18(2,11-13-7-4-5-10-16(13)22-3)17(21)20-15-9-6-8-14(15)12-19/h4-5,7,10,14-15H,6,8-9,11-12,19H2,1-3H3,(H,20,21). The summed E-state index contributed by atoms with van der Waals surface area (Å²) >= 11 is 0. The maximum atomic E-state index is 12.7. The van der Waals surface area contributed by atoms with Crippen molar-refractivity contribution >= 4 is 5.91 Å². The Balaban J connectivity index is 2.04. The summed E-state index contributed by atoms with van der Waals surface area (Å²) in [6, 6.07) is 8.11. The van der Waals surface area contributed by atoms with Crippen LogP contribution in [0.2, 0.25) is 0 Å². The molecular formula is C18H28N2O2. The highest BCUT2D eigenvalue weighted by Crippen LogP contribution is 2.30. The molecule has 2 atom stereocenters. The number of methoxy groups -OCH3 is 1. The number of carbonyl (C=O) groups excluding carboxylic acids is 1. The normalized spacial score (nSPS) is 21.6. The van der Waals surface area contributed by atoms with Gasteiger partial charge in [0.2, 0.25) is 5.91 Å². The minimum Gasteiger partial charge on any atom is -0.496 e. The van der Waals surface area contributed by atoms with E-state index in [-0.39, 0.29) is 11.9 Å². The quantitative estimate of drug-likeness (QED) is 0.849. The van der Waals surface area contributed by atoms with E-state index in [4.69, 9.17) is 10.5 Å². The van der Waals surface area contributed by atoms with E-state index >= 15 is 0 Å². The van der Waals surface area contributed by atoms with Crippen LogP contribution in [0.5, 0.6) is 5.75 Å². The molecule has 1 aromatic carbocycles. The zero-order valence-electron chi connectivity index (χ0n) is 13.9. The molecular weight excluding hydrogens is 276 g/mol. The Bertz CT molecular complexity index is 514. The Labute approximate surface area is 133 Å². The van der Waals surface area contributed by atoms with Gasteiger partial charge in [-0.05, 0) is 43.4 Å². The summed E-state index contributed by atoms with van der Waals surface area (Å²) in [7, 11) is 1.66. The predicted octanol–water partition coefficient (Wildman–Crippen LogP) is 2.51. The fraction of sp³-hybridized carbons (Fsp3) is 0.611. The molecule has 0 aliphatic heterocycles. The summed E-state index contributed by atoms with van der Waals surface area (Å²) in [5.41, 5.74) is 6.39. The second-order valence-electron chi connectivity index (χ2n) is 6.88. The average molecular weight is 304 g/mol. The molecule has 1 aliphatic rings. The van der Waals surface area contributed by atoms with Gasteiger partial charge in [0.15, 0.2) is 0 Å². The topological polar surface area (TPSA) is 64.3 Å². The van der Waals surface area contributed by atoms with Crippen molar-refractivity contribution in [1.82, 2.24) is 5.32 Å². The number of rotatable bonds is 6. The predicted molar refractivity (Wildman–Crippen MR) is 88.8 cm³/mol. The third kappa shape index (κ3) is 3.80. The van der Waals surface area contributed by atoms with Crippen LogP contribution < -0.4 is 15.8 Å². The highest BCUT2D eigenvalue weighted by Gasteiger charge is 2.34. The van der Waals surface area contributed by atoms with Crippen LogP contribution in [0.25, 0.3) is 0 Å². The number of nitrogens with one attached hydrogen (secondary N) is 1. The van der Waals surface area contributed by atoms with Crippen LogP contribution in [-0.4, -0.2) is 25.6 Å². The van der Waals surface area contributed by atoms with Crippen LogP contribution >= 0.6 is 0 Å². The van der Waals surface area contributed by atoms with Gasteiger partial charge in [-0.2, -0.15) is 0 Å². The van der Waals surface area contributed by atoms with Gasteiger partial charge in [-0.15, -0.1) is 0 Å². The van der Waals surface area contributed by atoms with Crippen LogP contribution in [0.3, 0.4) is 0 Å². The second-order valence-corrected chi connectivity index (χ2v) is 6.88. The van der Waals surface area contributed by atoms with Gasteiger partial charge in [0.25, 0.3) is 0 Å². The van der Waals surface area contributed by atoms with Gasteiger partial charge in [0.1, 0.15) is 5.75 Å². The number of ether oxygens (including phenoxy) is 1. The van der Waals surface area contributed by atoms with E-state index in [2.05, 4.69) is 5.32 Å². The monoisotopic (exact) mass is 304 g/mol. The van der Waals surface area contributed by atoms with Crippen molar-refractivity contribution in [2.24, 2.45) is 17.1 Å². The number of nitrogens with two attached hydrogens (primary N) is 1. The Morgan fingerprint density at radius 2 is 2.09 bits per heavy atom. The molecule has 1 fully saturated rings. The highest BCUT2D eigenvalue weighted by molar-refractivity contribution is 5.82. The molecule has 22 heavy (non-hydrogen) atoms. The number of carbonyl (C=O) groups is 1. The molecule has 0 bridgehead atoms. The zero-order valence-corrected chi connectivity index (χ0v) is 13.9. The van der Waals surface area contributed by atoms with Gasteiger partial charge in [-0.3, -0.25) is 4.79 Å². The summed E-state index contributed by atoms with van der Waals surface area (Å²) in [5, 5.41) is 3.22. The molecule has 1 amide bonds. The number of hydrogen-bond donors (Lipinski definition) is 2. The number of benzene rings is 1. The highest BCUT2D eigenvalue weighted by atomic mass is 16.5. The summed E-state index contributed by atoms with van der Waals surface area (Å²) < 4.78 is 5.39. The number of para-hydroxylation sites is 1. The van der Waals surface area contributed by atoms with Gasteiger partial charge < -0.3 is 15.8 Å². The second kappa shape index (κ2) is 7.14. The van der Waals surface area contributed by atoms with Gasteiger partial charge in [-0.25, -0.2) is 0 Å².